The number of benzene rings is 1. The lowest BCUT2D eigenvalue weighted by atomic mass is 10.0. The zero-order valence-corrected chi connectivity index (χ0v) is 13.0. The lowest BCUT2D eigenvalue weighted by Gasteiger charge is -2.17. The molecule has 0 spiro atoms. The number of hydrogen-bond acceptors (Lipinski definition) is 5. The van der Waals surface area contributed by atoms with Gasteiger partial charge in [-0.3, -0.25) is 9.59 Å². The summed E-state index contributed by atoms with van der Waals surface area (Å²) in [5, 5.41) is 13.7. The highest BCUT2D eigenvalue weighted by Gasteiger charge is 2.23. The van der Waals surface area contributed by atoms with Crippen molar-refractivity contribution < 1.29 is 19.1 Å². The van der Waals surface area contributed by atoms with Crippen LogP contribution in [0.1, 0.15) is 23.7 Å². The molecule has 1 aromatic rings. The van der Waals surface area contributed by atoms with Crippen LogP contribution in [0.3, 0.4) is 0 Å². The first-order valence-corrected chi connectivity index (χ1v) is 7.08. The summed E-state index contributed by atoms with van der Waals surface area (Å²) in [5.74, 6) is -1.97. The first kappa shape index (κ1) is 18.2. The fraction of sp³-hybridized carbons (Fsp3) is 0.375. The van der Waals surface area contributed by atoms with E-state index in [0.717, 1.165) is 0 Å². The first-order chi connectivity index (χ1) is 11.0. The van der Waals surface area contributed by atoms with Crippen LogP contribution in [0.25, 0.3) is 0 Å². The molecule has 1 rings (SSSR count). The number of nitriles is 1. The van der Waals surface area contributed by atoms with Crippen molar-refractivity contribution in [3.8, 4) is 6.07 Å². The van der Waals surface area contributed by atoms with Gasteiger partial charge in [-0.1, -0.05) is 18.2 Å². The lowest BCUT2D eigenvalue weighted by Crippen LogP contribution is -2.46. The molecule has 0 aliphatic heterocycles. The van der Waals surface area contributed by atoms with E-state index in [1.54, 1.807) is 37.3 Å². The van der Waals surface area contributed by atoms with Crippen molar-refractivity contribution in [1.29, 1.82) is 5.26 Å². The zero-order valence-electron chi connectivity index (χ0n) is 13.0. The van der Waals surface area contributed by atoms with Crippen molar-refractivity contribution in [2.45, 2.75) is 19.4 Å². The Hall–Kier alpha value is -2.88. The van der Waals surface area contributed by atoms with Crippen molar-refractivity contribution in [3.05, 3.63) is 35.9 Å². The van der Waals surface area contributed by atoms with Gasteiger partial charge in [0.2, 0.25) is 5.91 Å². The molecule has 7 heteroatoms. The van der Waals surface area contributed by atoms with E-state index < -0.39 is 23.8 Å². The molecule has 0 aliphatic rings. The van der Waals surface area contributed by atoms with Gasteiger partial charge in [-0.05, 0) is 25.5 Å². The minimum absolute atomic E-state index is 0.140. The second kappa shape index (κ2) is 9.20. The molecule has 23 heavy (non-hydrogen) atoms. The van der Waals surface area contributed by atoms with Crippen molar-refractivity contribution in [2.24, 2.45) is 5.92 Å². The van der Waals surface area contributed by atoms with Gasteiger partial charge in [-0.2, -0.15) is 5.26 Å². The quantitative estimate of drug-likeness (QED) is 0.717. The van der Waals surface area contributed by atoms with Gasteiger partial charge in [0.05, 0.1) is 19.7 Å². The summed E-state index contributed by atoms with van der Waals surface area (Å²) in [6.45, 7) is 1.36. The first-order valence-electron chi connectivity index (χ1n) is 7.08. The summed E-state index contributed by atoms with van der Waals surface area (Å²) >= 11 is 0. The molecule has 0 bridgehead atoms. The van der Waals surface area contributed by atoms with E-state index in [4.69, 9.17) is 5.26 Å². The third kappa shape index (κ3) is 6.18. The minimum atomic E-state index is -0.921. The van der Waals surface area contributed by atoms with Crippen molar-refractivity contribution in [3.63, 3.8) is 0 Å². The van der Waals surface area contributed by atoms with Crippen LogP contribution in [0.5, 0.6) is 0 Å². The summed E-state index contributed by atoms with van der Waals surface area (Å²) < 4.78 is 4.60. The van der Waals surface area contributed by atoms with Gasteiger partial charge in [0.15, 0.2) is 0 Å². The smallest absolute Gasteiger partial charge is 0.328 e. The number of carbonyl (C=O) groups is 3. The molecule has 0 unspecified atom stereocenters. The van der Waals surface area contributed by atoms with E-state index in [2.05, 4.69) is 15.4 Å². The Morgan fingerprint density at radius 2 is 1.91 bits per heavy atom. The summed E-state index contributed by atoms with van der Waals surface area (Å²) in [4.78, 5) is 35.3. The molecular formula is C16H19N3O4. The van der Waals surface area contributed by atoms with E-state index in [1.165, 1.54) is 7.11 Å². The van der Waals surface area contributed by atoms with Crippen molar-refractivity contribution >= 4 is 17.8 Å². The van der Waals surface area contributed by atoms with Gasteiger partial charge in [-0.25, -0.2) is 4.79 Å². The fourth-order valence-electron chi connectivity index (χ4n) is 1.86. The van der Waals surface area contributed by atoms with Crippen LogP contribution in [0, 0.1) is 17.2 Å². The molecule has 2 amide bonds. The average molecular weight is 317 g/mol. The van der Waals surface area contributed by atoms with E-state index >= 15 is 0 Å². The number of hydrogen-bond donors (Lipinski definition) is 2. The molecule has 0 radical (unpaired) electrons. The second-order valence-electron chi connectivity index (χ2n) is 4.96. The van der Waals surface area contributed by atoms with Crippen LogP contribution < -0.4 is 10.6 Å². The van der Waals surface area contributed by atoms with E-state index in [9.17, 15) is 14.4 Å². The normalized spacial score (nSPS) is 12.4. The van der Waals surface area contributed by atoms with Gasteiger partial charge in [0.25, 0.3) is 5.91 Å². The summed E-state index contributed by atoms with van der Waals surface area (Å²) in [7, 11) is 1.20. The van der Waals surface area contributed by atoms with Gasteiger partial charge in [0, 0.05) is 11.5 Å². The Balaban J connectivity index is 2.54. The van der Waals surface area contributed by atoms with Gasteiger partial charge in [0.1, 0.15) is 6.04 Å². The van der Waals surface area contributed by atoms with Gasteiger partial charge in [-0.15, -0.1) is 0 Å². The van der Waals surface area contributed by atoms with E-state index in [-0.39, 0.29) is 18.9 Å². The molecule has 0 saturated heterocycles. The maximum absolute atomic E-state index is 11.9. The molecule has 0 aromatic heterocycles. The highest BCUT2D eigenvalue weighted by atomic mass is 16.5. The van der Waals surface area contributed by atoms with Crippen LogP contribution in [0.2, 0.25) is 0 Å². The number of methoxy groups -OCH3 is 1. The molecule has 0 saturated carbocycles. The molecule has 2 N–H and O–H groups in total. The van der Waals surface area contributed by atoms with Crippen LogP contribution >= 0.6 is 0 Å². The molecule has 122 valence electrons. The largest absolute Gasteiger partial charge is 0.467 e. The van der Waals surface area contributed by atoms with Gasteiger partial charge >= 0.3 is 5.97 Å². The van der Waals surface area contributed by atoms with Crippen LogP contribution in [0.15, 0.2) is 30.3 Å². The monoisotopic (exact) mass is 317 g/mol. The van der Waals surface area contributed by atoms with Crippen LogP contribution in [-0.2, 0) is 14.3 Å². The summed E-state index contributed by atoms with van der Waals surface area (Å²) in [5.41, 5.74) is 0.433. The molecule has 2 atom stereocenters. The summed E-state index contributed by atoms with van der Waals surface area (Å²) in [6, 6.07) is 9.52. The molecular weight excluding hydrogens is 298 g/mol. The van der Waals surface area contributed by atoms with Gasteiger partial charge < -0.3 is 15.4 Å². The third-order valence-electron chi connectivity index (χ3n) is 3.08. The number of esters is 1. The highest BCUT2D eigenvalue weighted by Crippen LogP contribution is 2.06. The standard InChI is InChI=1S/C16H19N3O4/c1-11(9-17)8-13(16(22)23-2)19-14(20)10-18-15(21)12-6-4-3-5-7-12/h3-7,11,13H,8,10H2,1-2H3,(H,18,21)(H,19,20)/t11-,13+/m1/s1. The number of amides is 2. The minimum Gasteiger partial charge on any atom is -0.467 e. The second-order valence-corrected chi connectivity index (χ2v) is 4.96. The predicted molar refractivity (Wildman–Crippen MR) is 82.1 cm³/mol. The predicted octanol–water partition coefficient (Wildman–Crippen LogP) is 0.624. The Morgan fingerprint density at radius 1 is 1.26 bits per heavy atom. The third-order valence-corrected chi connectivity index (χ3v) is 3.08. The number of nitrogens with one attached hydrogen (secondary N) is 2. The maximum atomic E-state index is 11.9. The van der Waals surface area contributed by atoms with E-state index in [1.807, 2.05) is 6.07 Å². The highest BCUT2D eigenvalue weighted by molar-refractivity contribution is 5.96. The Morgan fingerprint density at radius 3 is 2.48 bits per heavy atom. The van der Waals surface area contributed by atoms with Crippen LogP contribution in [-0.4, -0.2) is 37.5 Å². The van der Waals surface area contributed by atoms with E-state index in [0.29, 0.717) is 5.56 Å². The molecule has 0 aliphatic carbocycles. The Labute approximate surface area is 134 Å². The fourth-order valence-corrected chi connectivity index (χ4v) is 1.86. The SMILES string of the molecule is COC(=O)[C@H](C[C@@H](C)C#N)NC(=O)CNC(=O)c1ccccc1. The molecule has 1 aromatic carbocycles. The Bertz CT molecular complexity index is 595. The lowest BCUT2D eigenvalue weighted by molar-refractivity contribution is -0.145. The Kier molecular flexibility index (Phi) is 7.27. The number of nitrogens with zero attached hydrogens (tertiary/aromatic N) is 1. The molecule has 7 nitrogen and oxygen atoms in total. The maximum Gasteiger partial charge on any atom is 0.328 e. The average Bonchev–Trinajstić information content (AvgIpc) is 2.58. The summed E-state index contributed by atoms with van der Waals surface area (Å²) in [6.07, 6.45) is 0.140. The zero-order chi connectivity index (χ0) is 17.2. The van der Waals surface area contributed by atoms with Crippen molar-refractivity contribution in [1.82, 2.24) is 10.6 Å². The van der Waals surface area contributed by atoms with Crippen LogP contribution in [0.4, 0.5) is 0 Å². The molecule has 0 fully saturated rings. The number of carbonyl (C=O) groups excluding carboxylic acids is 3. The molecule has 0 heterocycles. The number of rotatable bonds is 7. The number of ether oxygens (including phenoxy) is 1. The van der Waals surface area contributed by atoms with Crippen molar-refractivity contribution in [2.75, 3.05) is 13.7 Å². The topological polar surface area (TPSA) is 108 Å².